The average Bonchev–Trinajstić information content (AvgIpc) is 3.11. The van der Waals surface area contributed by atoms with E-state index in [9.17, 15) is 14.9 Å². The molecule has 0 radical (unpaired) electrons. The number of benzene rings is 1. The van der Waals surface area contributed by atoms with Crippen LogP contribution in [0.2, 0.25) is 15.6 Å². The summed E-state index contributed by atoms with van der Waals surface area (Å²) in [7, 11) is 0. The number of nitro groups is 1. The number of nitro benzene ring substituents is 1. The van der Waals surface area contributed by atoms with Crippen molar-refractivity contribution in [2.75, 3.05) is 0 Å². The molecule has 30 heavy (non-hydrogen) atoms. The Kier molecular flexibility index (Phi) is 6.83. The second kappa shape index (κ2) is 9.53. The first-order valence-corrected chi connectivity index (χ1v) is 9.21. The molecule has 13 heteroatoms. The van der Waals surface area contributed by atoms with Gasteiger partial charge in [0.15, 0.2) is 11.9 Å². The number of aldehydes is 1. The molecule has 0 bridgehead atoms. The molecular weight excluding hydrogens is 457 g/mol. The van der Waals surface area contributed by atoms with Gasteiger partial charge in [0.25, 0.3) is 5.69 Å². The molecule has 0 aliphatic carbocycles. The predicted octanol–water partition coefficient (Wildman–Crippen LogP) is 4.03. The summed E-state index contributed by atoms with van der Waals surface area (Å²) >= 11 is 16.7. The third-order valence-electron chi connectivity index (χ3n) is 3.71. The third-order valence-corrected chi connectivity index (χ3v) is 4.49. The number of carbonyl (C=O) groups excluding carboxylic acids is 1. The van der Waals surface area contributed by atoms with Crippen LogP contribution in [0.15, 0.2) is 43.0 Å². The minimum absolute atomic E-state index is 0.0478. The van der Waals surface area contributed by atoms with Crippen LogP contribution >= 0.6 is 34.8 Å². The van der Waals surface area contributed by atoms with Crippen LogP contribution in [0.25, 0.3) is 11.0 Å². The Morgan fingerprint density at radius 1 is 1.10 bits per heavy atom. The molecule has 1 aromatic carbocycles. The van der Waals surface area contributed by atoms with E-state index in [1.54, 1.807) is 29.2 Å². The predicted molar refractivity (Wildman–Crippen MR) is 110 cm³/mol. The van der Waals surface area contributed by atoms with Gasteiger partial charge in [-0.15, -0.1) is 0 Å². The van der Waals surface area contributed by atoms with Crippen molar-refractivity contribution in [3.05, 3.63) is 79.8 Å². The maximum atomic E-state index is 10.8. The van der Waals surface area contributed by atoms with E-state index in [-0.39, 0.29) is 26.8 Å². The maximum Gasteiger partial charge on any atom is 0.269 e. The summed E-state index contributed by atoms with van der Waals surface area (Å²) in [6, 6.07) is 6.39. The van der Waals surface area contributed by atoms with Crippen molar-refractivity contribution in [1.82, 2.24) is 29.7 Å². The van der Waals surface area contributed by atoms with Crippen molar-refractivity contribution in [2.24, 2.45) is 0 Å². The second-order valence-electron chi connectivity index (χ2n) is 5.63. The van der Waals surface area contributed by atoms with Crippen LogP contribution in [0.5, 0.6) is 0 Å². The highest BCUT2D eigenvalue weighted by atomic mass is 35.5. The van der Waals surface area contributed by atoms with Gasteiger partial charge in [-0.3, -0.25) is 14.9 Å². The number of aromatic nitrogens is 6. The van der Waals surface area contributed by atoms with Crippen molar-refractivity contribution < 1.29 is 9.72 Å². The van der Waals surface area contributed by atoms with Crippen LogP contribution in [0, 0.1) is 10.1 Å². The van der Waals surface area contributed by atoms with Gasteiger partial charge in [0.1, 0.15) is 16.6 Å². The summed E-state index contributed by atoms with van der Waals surface area (Å²) in [5.74, 6) is 0. The topological polar surface area (TPSA) is 130 Å². The molecule has 3 heterocycles. The second-order valence-corrected chi connectivity index (χ2v) is 6.69. The zero-order valence-corrected chi connectivity index (χ0v) is 17.1. The standard InChI is InChI=1S/C12H8ClN5O2.C5H2Cl2N2O/c13-12-14-5-9-6-15-17(11(9)16-12)7-8-2-1-3-10(4-8)18(19)20;6-4-3(1-10)5(7)9-2-8-4/h1-6H,7H2;1-2H. The fourth-order valence-corrected chi connectivity index (χ4v) is 2.89. The largest absolute Gasteiger partial charge is 0.298 e. The number of hydrogen-bond donors (Lipinski definition) is 0. The van der Waals surface area contributed by atoms with E-state index in [4.69, 9.17) is 34.8 Å². The monoisotopic (exact) mass is 465 g/mol. The van der Waals surface area contributed by atoms with E-state index < -0.39 is 4.92 Å². The number of hydrogen-bond acceptors (Lipinski definition) is 8. The van der Waals surface area contributed by atoms with Gasteiger partial charge < -0.3 is 0 Å². The number of nitrogens with zero attached hydrogens (tertiary/aromatic N) is 7. The Morgan fingerprint density at radius 3 is 2.47 bits per heavy atom. The first kappa shape index (κ1) is 21.5. The van der Waals surface area contributed by atoms with E-state index in [1.807, 2.05) is 0 Å². The van der Waals surface area contributed by atoms with Crippen LogP contribution < -0.4 is 0 Å². The minimum Gasteiger partial charge on any atom is -0.298 e. The van der Waals surface area contributed by atoms with E-state index in [2.05, 4.69) is 25.0 Å². The molecule has 0 fully saturated rings. The van der Waals surface area contributed by atoms with E-state index >= 15 is 0 Å². The van der Waals surface area contributed by atoms with Crippen LogP contribution in [0.4, 0.5) is 5.69 Å². The van der Waals surface area contributed by atoms with E-state index in [0.29, 0.717) is 18.5 Å². The molecule has 4 rings (SSSR count). The number of halogens is 3. The Morgan fingerprint density at radius 2 is 1.83 bits per heavy atom. The summed E-state index contributed by atoms with van der Waals surface area (Å²) in [6.07, 6.45) is 4.92. The number of fused-ring (bicyclic) bond motifs is 1. The van der Waals surface area contributed by atoms with Crippen molar-refractivity contribution in [3.63, 3.8) is 0 Å². The Bertz CT molecular complexity index is 1210. The SMILES string of the molecule is O=Cc1c(Cl)ncnc1Cl.O=[N+]([O-])c1cccc(Cn2ncc3cnc(Cl)nc32)c1. The summed E-state index contributed by atoms with van der Waals surface area (Å²) in [5.41, 5.74) is 1.54. The maximum absolute atomic E-state index is 10.8. The van der Waals surface area contributed by atoms with Gasteiger partial charge in [-0.25, -0.2) is 19.6 Å². The molecule has 0 saturated carbocycles. The Hall–Kier alpha value is -3.21. The van der Waals surface area contributed by atoms with Gasteiger partial charge >= 0.3 is 0 Å². The molecule has 0 unspecified atom stereocenters. The highest BCUT2D eigenvalue weighted by molar-refractivity contribution is 6.36. The number of carbonyl (C=O) groups is 1. The molecule has 4 aromatic rings. The van der Waals surface area contributed by atoms with Gasteiger partial charge in [0.05, 0.1) is 28.6 Å². The van der Waals surface area contributed by atoms with E-state index in [1.165, 1.54) is 18.5 Å². The van der Waals surface area contributed by atoms with Gasteiger partial charge in [0, 0.05) is 18.3 Å². The van der Waals surface area contributed by atoms with Crippen LogP contribution in [0.1, 0.15) is 15.9 Å². The third kappa shape index (κ3) is 5.03. The molecule has 0 aliphatic heterocycles. The molecule has 0 atom stereocenters. The summed E-state index contributed by atoms with van der Waals surface area (Å²) in [6.45, 7) is 0.374. The molecule has 0 amide bonds. The molecule has 10 nitrogen and oxygen atoms in total. The lowest BCUT2D eigenvalue weighted by Crippen LogP contribution is -2.03. The average molecular weight is 467 g/mol. The Balaban J connectivity index is 0.000000216. The summed E-state index contributed by atoms with van der Waals surface area (Å²) in [4.78, 5) is 35.6. The smallest absolute Gasteiger partial charge is 0.269 e. The highest BCUT2D eigenvalue weighted by Crippen LogP contribution is 2.18. The van der Waals surface area contributed by atoms with Gasteiger partial charge in [0.2, 0.25) is 5.28 Å². The Labute approximate surface area is 183 Å². The first-order valence-electron chi connectivity index (χ1n) is 8.07. The molecule has 0 N–H and O–H groups in total. The highest BCUT2D eigenvalue weighted by Gasteiger charge is 2.09. The van der Waals surface area contributed by atoms with Gasteiger partial charge in [-0.05, 0) is 17.2 Å². The number of non-ortho nitro benzene ring substituents is 1. The normalized spacial score (nSPS) is 10.4. The van der Waals surface area contributed by atoms with Crippen molar-refractivity contribution in [3.8, 4) is 0 Å². The molecule has 0 saturated heterocycles. The van der Waals surface area contributed by atoms with Crippen molar-refractivity contribution in [1.29, 1.82) is 0 Å². The summed E-state index contributed by atoms with van der Waals surface area (Å²) in [5, 5.41) is 16.0. The zero-order valence-electron chi connectivity index (χ0n) is 14.8. The zero-order chi connectivity index (χ0) is 21.7. The molecule has 0 aliphatic rings. The lowest BCUT2D eigenvalue weighted by molar-refractivity contribution is -0.384. The van der Waals surface area contributed by atoms with Crippen LogP contribution in [0.3, 0.4) is 0 Å². The first-order chi connectivity index (χ1) is 14.4. The molecule has 0 spiro atoms. The number of rotatable bonds is 4. The summed E-state index contributed by atoms with van der Waals surface area (Å²) < 4.78 is 1.63. The lowest BCUT2D eigenvalue weighted by Gasteiger charge is -2.03. The van der Waals surface area contributed by atoms with Gasteiger partial charge in [-0.2, -0.15) is 10.1 Å². The van der Waals surface area contributed by atoms with Crippen LogP contribution in [-0.2, 0) is 6.54 Å². The molecule has 152 valence electrons. The molecular formula is C17H10Cl3N7O3. The van der Waals surface area contributed by atoms with Gasteiger partial charge in [-0.1, -0.05) is 35.3 Å². The van der Waals surface area contributed by atoms with Crippen LogP contribution in [-0.4, -0.2) is 40.9 Å². The minimum atomic E-state index is -0.427. The van der Waals surface area contributed by atoms with Crippen molar-refractivity contribution in [2.45, 2.75) is 6.54 Å². The van der Waals surface area contributed by atoms with E-state index in [0.717, 1.165) is 10.9 Å². The molecule has 3 aromatic heterocycles. The lowest BCUT2D eigenvalue weighted by atomic mass is 10.2. The fourth-order valence-electron chi connectivity index (χ4n) is 2.35. The fraction of sp³-hybridized carbons (Fsp3) is 0.0588. The quantitative estimate of drug-likeness (QED) is 0.145. The van der Waals surface area contributed by atoms with Crippen molar-refractivity contribution >= 4 is 57.8 Å².